The number of nitrogens with one attached hydrogen (secondary N) is 1. The Kier molecular flexibility index (Phi) is 5.62. The van der Waals surface area contributed by atoms with Crippen molar-refractivity contribution in [3.63, 3.8) is 0 Å². The lowest BCUT2D eigenvalue weighted by Crippen LogP contribution is -2.24. The summed E-state index contributed by atoms with van der Waals surface area (Å²) in [7, 11) is 2.21. The van der Waals surface area contributed by atoms with Gasteiger partial charge in [-0.1, -0.05) is 6.07 Å². The normalized spacial score (nSPS) is 15.2. The highest BCUT2D eigenvalue weighted by atomic mass is 15.1. The molecule has 0 unspecified atom stereocenters. The van der Waals surface area contributed by atoms with Gasteiger partial charge in [0.2, 0.25) is 0 Å². The lowest BCUT2D eigenvalue weighted by Gasteiger charge is -2.16. The largest absolute Gasteiger partial charge is 0.314 e. The van der Waals surface area contributed by atoms with Gasteiger partial charge in [-0.15, -0.1) is 0 Å². The van der Waals surface area contributed by atoms with Gasteiger partial charge in [-0.25, -0.2) is 0 Å². The van der Waals surface area contributed by atoms with Crippen molar-refractivity contribution < 1.29 is 0 Å². The van der Waals surface area contributed by atoms with Crippen LogP contribution in [0.5, 0.6) is 0 Å². The third-order valence-electron chi connectivity index (χ3n) is 3.45. The van der Waals surface area contributed by atoms with Gasteiger partial charge >= 0.3 is 0 Å². The summed E-state index contributed by atoms with van der Waals surface area (Å²) in [5.41, 5.74) is 1.19. The van der Waals surface area contributed by atoms with E-state index in [1.165, 1.54) is 44.5 Å². The molecule has 1 N–H and O–H groups in total. The molecule has 0 saturated heterocycles. The second kappa shape index (κ2) is 7.49. The average molecular weight is 247 g/mol. The molecule has 3 heteroatoms. The predicted molar refractivity (Wildman–Crippen MR) is 75.7 cm³/mol. The van der Waals surface area contributed by atoms with Crippen LogP contribution in [0.4, 0.5) is 0 Å². The first-order valence-electron chi connectivity index (χ1n) is 7.16. The highest BCUT2D eigenvalue weighted by Gasteiger charge is 2.19. The SMILES string of the molecule is CN(CCCCNC1CC1)CCc1ccccn1. The van der Waals surface area contributed by atoms with Gasteiger partial charge in [0.1, 0.15) is 0 Å². The Labute approximate surface area is 111 Å². The molecule has 18 heavy (non-hydrogen) atoms. The number of unbranched alkanes of at least 4 members (excludes halogenated alkanes) is 1. The average Bonchev–Trinajstić information content (AvgIpc) is 3.21. The van der Waals surface area contributed by atoms with Gasteiger partial charge in [0, 0.05) is 30.9 Å². The van der Waals surface area contributed by atoms with Crippen molar-refractivity contribution >= 4 is 0 Å². The molecule has 0 spiro atoms. The van der Waals surface area contributed by atoms with Crippen LogP contribution >= 0.6 is 0 Å². The molecule has 1 aromatic heterocycles. The van der Waals surface area contributed by atoms with Gasteiger partial charge in [0.25, 0.3) is 0 Å². The van der Waals surface area contributed by atoms with E-state index in [9.17, 15) is 0 Å². The lowest BCUT2D eigenvalue weighted by molar-refractivity contribution is 0.327. The molecule has 1 heterocycles. The van der Waals surface area contributed by atoms with Gasteiger partial charge in [0.15, 0.2) is 0 Å². The summed E-state index contributed by atoms with van der Waals surface area (Å²) in [6, 6.07) is 6.99. The highest BCUT2D eigenvalue weighted by Crippen LogP contribution is 2.18. The molecular weight excluding hydrogens is 222 g/mol. The Hall–Kier alpha value is -0.930. The molecule has 0 aliphatic heterocycles. The number of nitrogens with zero attached hydrogens (tertiary/aromatic N) is 2. The Morgan fingerprint density at radius 3 is 2.89 bits per heavy atom. The first-order valence-corrected chi connectivity index (χ1v) is 7.16. The molecule has 100 valence electrons. The molecule has 1 fully saturated rings. The van der Waals surface area contributed by atoms with Crippen LogP contribution in [-0.2, 0) is 6.42 Å². The van der Waals surface area contributed by atoms with Crippen molar-refractivity contribution in [1.29, 1.82) is 0 Å². The molecule has 0 radical (unpaired) electrons. The summed E-state index contributed by atoms with van der Waals surface area (Å²) in [4.78, 5) is 6.76. The number of hydrogen-bond acceptors (Lipinski definition) is 3. The Morgan fingerprint density at radius 2 is 2.17 bits per heavy atom. The summed E-state index contributed by atoms with van der Waals surface area (Å²) in [6.45, 7) is 3.49. The summed E-state index contributed by atoms with van der Waals surface area (Å²) in [5, 5.41) is 3.56. The first kappa shape index (κ1) is 13.5. The van der Waals surface area contributed by atoms with E-state index < -0.39 is 0 Å². The zero-order valence-electron chi connectivity index (χ0n) is 11.4. The van der Waals surface area contributed by atoms with E-state index in [0.717, 1.165) is 19.0 Å². The fraction of sp³-hybridized carbons (Fsp3) is 0.667. The first-order chi connectivity index (χ1) is 8.84. The van der Waals surface area contributed by atoms with Crippen LogP contribution < -0.4 is 5.32 Å². The van der Waals surface area contributed by atoms with Crippen LogP contribution in [0.15, 0.2) is 24.4 Å². The Bertz CT molecular complexity index is 322. The minimum atomic E-state index is 0.854. The van der Waals surface area contributed by atoms with Crippen molar-refractivity contribution in [1.82, 2.24) is 15.2 Å². The topological polar surface area (TPSA) is 28.2 Å². The molecule has 1 aromatic rings. The molecule has 1 saturated carbocycles. The maximum absolute atomic E-state index is 4.35. The maximum atomic E-state index is 4.35. The third kappa shape index (κ3) is 5.61. The smallest absolute Gasteiger partial charge is 0.0416 e. The maximum Gasteiger partial charge on any atom is 0.0416 e. The van der Waals surface area contributed by atoms with Crippen LogP contribution in [0.1, 0.15) is 31.4 Å². The Balaban J connectivity index is 1.47. The number of pyridine rings is 1. The van der Waals surface area contributed by atoms with E-state index in [4.69, 9.17) is 0 Å². The Morgan fingerprint density at radius 1 is 1.28 bits per heavy atom. The van der Waals surface area contributed by atoms with Gasteiger partial charge in [-0.3, -0.25) is 4.98 Å². The second-order valence-electron chi connectivity index (χ2n) is 5.31. The standard InChI is InChI=1S/C15H25N3/c1-18(12-5-4-11-17-15-7-8-15)13-9-14-6-2-3-10-16-14/h2-3,6,10,15,17H,4-5,7-9,11-13H2,1H3. The molecule has 3 nitrogen and oxygen atoms in total. The number of likely N-dealkylation sites (N-methyl/N-ethyl adjacent to an activating group) is 1. The monoisotopic (exact) mass is 247 g/mol. The highest BCUT2D eigenvalue weighted by molar-refractivity contribution is 5.03. The van der Waals surface area contributed by atoms with Crippen molar-refractivity contribution in [3.8, 4) is 0 Å². The van der Waals surface area contributed by atoms with E-state index in [0.29, 0.717) is 0 Å². The molecule has 0 atom stereocenters. The van der Waals surface area contributed by atoms with E-state index in [2.05, 4.69) is 34.4 Å². The number of aromatic nitrogens is 1. The van der Waals surface area contributed by atoms with Crippen molar-refractivity contribution in [2.24, 2.45) is 0 Å². The van der Waals surface area contributed by atoms with E-state index in [-0.39, 0.29) is 0 Å². The molecule has 2 rings (SSSR count). The van der Waals surface area contributed by atoms with E-state index >= 15 is 0 Å². The summed E-state index contributed by atoms with van der Waals surface area (Å²) in [6.07, 6.45) is 8.30. The predicted octanol–water partition coefficient (Wildman–Crippen LogP) is 2.09. The van der Waals surface area contributed by atoms with Crippen LogP contribution in [0.25, 0.3) is 0 Å². The number of rotatable bonds is 9. The van der Waals surface area contributed by atoms with Gasteiger partial charge in [-0.2, -0.15) is 0 Å². The van der Waals surface area contributed by atoms with Crippen LogP contribution in [0.2, 0.25) is 0 Å². The van der Waals surface area contributed by atoms with Crippen molar-refractivity contribution in [3.05, 3.63) is 30.1 Å². The quantitative estimate of drug-likeness (QED) is 0.677. The zero-order chi connectivity index (χ0) is 12.6. The fourth-order valence-electron chi connectivity index (χ4n) is 2.06. The molecular formula is C15H25N3. The second-order valence-corrected chi connectivity index (χ2v) is 5.31. The molecule has 0 aromatic carbocycles. The molecule has 1 aliphatic rings. The third-order valence-corrected chi connectivity index (χ3v) is 3.45. The lowest BCUT2D eigenvalue weighted by atomic mass is 10.2. The van der Waals surface area contributed by atoms with Gasteiger partial charge in [-0.05, 0) is 58.0 Å². The minimum Gasteiger partial charge on any atom is -0.314 e. The van der Waals surface area contributed by atoms with Crippen LogP contribution in [0.3, 0.4) is 0 Å². The minimum absolute atomic E-state index is 0.854. The van der Waals surface area contributed by atoms with Gasteiger partial charge < -0.3 is 10.2 Å². The summed E-state index contributed by atoms with van der Waals surface area (Å²) < 4.78 is 0. The zero-order valence-corrected chi connectivity index (χ0v) is 11.4. The van der Waals surface area contributed by atoms with Gasteiger partial charge in [0.05, 0.1) is 0 Å². The molecule has 0 amide bonds. The van der Waals surface area contributed by atoms with E-state index in [1.54, 1.807) is 0 Å². The summed E-state index contributed by atoms with van der Waals surface area (Å²) >= 11 is 0. The fourth-order valence-corrected chi connectivity index (χ4v) is 2.06. The van der Waals surface area contributed by atoms with E-state index in [1.807, 2.05) is 12.3 Å². The number of hydrogen-bond donors (Lipinski definition) is 1. The molecule has 1 aliphatic carbocycles. The van der Waals surface area contributed by atoms with Crippen LogP contribution in [0, 0.1) is 0 Å². The van der Waals surface area contributed by atoms with Crippen molar-refractivity contribution in [2.75, 3.05) is 26.7 Å². The van der Waals surface area contributed by atoms with Crippen LogP contribution in [-0.4, -0.2) is 42.6 Å². The summed E-state index contributed by atoms with van der Waals surface area (Å²) in [5.74, 6) is 0. The molecule has 0 bridgehead atoms. The van der Waals surface area contributed by atoms with Crippen molar-refractivity contribution in [2.45, 2.75) is 38.1 Å².